The molecule has 2 aliphatic rings. The molecule has 0 aromatic heterocycles. The number of morpholine rings is 1. The number of aliphatic carboxylic acids is 1. The van der Waals surface area contributed by atoms with Gasteiger partial charge in [0.05, 0.1) is 12.7 Å². The average molecular weight is 286 g/mol. The smallest absolute Gasteiger partial charge is 0.332 e. The van der Waals surface area contributed by atoms with Crippen LogP contribution in [0.4, 0.5) is 0 Å². The molecule has 2 aliphatic heterocycles. The van der Waals surface area contributed by atoms with Crippen molar-refractivity contribution in [2.45, 2.75) is 38.1 Å². The minimum atomic E-state index is -1.01. The monoisotopic (exact) mass is 286 g/mol. The molecule has 0 aromatic carbocycles. The van der Waals surface area contributed by atoms with Gasteiger partial charge in [-0.2, -0.15) is 0 Å². The summed E-state index contributed by atoms with van der Waals surface area (Å²) in [5, 5.41) is 11.6. The molecular weight excluding hydrogens is 264 g/mol. The molecule has 0 saturated carbocycles. The molecule has 2 rings (SSSR count). The van der Waals surface area contributed by atoms with Gasteiger partial charge in [-0.1, -0.05) is 6.92 Å². The molecule has 0 bridgehead atoms. The van der Waals surface area contributed by atoms with E-state index in [0.717, 1.165) is 19.6 Å². The first kappa shape index (κ1) is 15.2. The summed E-state index contributed by atoms with van der Waals surface area (Å²) in [4.78, 5) is 24.9. The number of nitrogens with one attached hydrogen (secondary N) is 1. The van der Waals surface area contributed by atoms with Crippen LogP contribution in [0, 0.1) is 0 Å². The van der Waals surface area contributed by atoms with Gasteiger partial charge in [-0.05, 0) is 19.4 Å². The fourth-order valence-electron chi connectivity index (χ4n) is 2.53. The van der Waals surface area contributed by atoms with Gasteiger partial charge in [0.25, 0.3) is 0 Å². The lowest BCUT2D eigenvalue weighted by atomic mass is 10.2. The van der Waals surface area contributed by atoms with Crippen molar-refractivity contribution in [1.29, 1.82) is 0 Å². The lowest BCUT2D eigenvalue weighted by molar-refractivity contribution is -0.152. The molecule has 0 aliphatic carbocycles. The van der Waals surface area contributed by atoms with Gasteiger partial charge in [0.2, 0.25) is 5.91 Å². The Morgan fingerprint density at radius 2 is 2.10 bits per heavy atom. The summed E-state index contributed by atoms with van der Waals surface area (Å²) in [5.74, 6) is -1.25. The van der Waals surface area contributed by atoms with Crippen LogP contribution in [0.2, 0.25) is 0 Å². The van der Waals surface area contributed by atoms with E-state index in [1.54, 1.807) is 0 Å². The topological polar surface area (TPSA) is 88.1 Å². The molecule has 3 atom stereocenters. The number of nitrogens with zero attached hydrogens (tertiary/aromatic N) is 1. The van der Waals surface area contributed by atoms with Crippen LogP contribution in [0.25, 0.3) is 0 Å². The zero-order chi connectivity index (χ0) is 14.5. The van der Waals surface area contributed by atoms with Gasteiger partial charge < -0.3 is 19.9 Å². The van der Waals surface area contributed by atoms with Crippen molar-refractivity contribution in [1.82, 2.24) is 10.2 Å². The zero-order valence-electron chi connectivity index (χ0n) is 11.7. The van der Waals surface area contributed by atoms with E-state index in [1.807, 2.05) is 0 Å². The Hall–Kier alpha value is -1.18. The van der Waals surface area contributed by atoms with Gasteiger partial charge in [0.15, 0.2) is 6.10 Å². The summed E-state index contributed by atoms with van der Waals surface area (Å²) in [7, 11) is 0. The van der Waals surface area contributed by atoms with Gasteiger partial charge >= 0.3 is 5.97 Å². The average Bonchev–Trinajstić information content (AvgIpc) is 2.95. The Morgan fingerprint density at radius 1 is 1.35 bits per heavy atom. The van der Waals surface area contributed by atoms with Crippen LogP contribution in [0.5, 0.6) is 0 Å². The lowest BCUT2D eigenvalue weighted by Crippen LogP contribution is -2.48. The van der Waals surface area contributed by atoms with Crippen LogP contribution >= 0.6 is 0 Å². The number of hydrogen-bond acceptors (Lipinski definition) is 5. The third-order valence-electron chi connectivity index (χ3n) is 3.76. The highest BCUT2D eigenvalue weighted by Crippen LogP contribution is 2.19. The molecular formula is C13H22N2O5. The fraction of sp³-hybridized carbons (Fsp3) is 0.846. The maximum absolute atomic E-state index is 11.9. The largest absolute Gasteiger partial charge is 0.479 e. The predicted molar refractivity (Wildman–Crippen MR) is 70.4 cm³/mol. The Balaban J connectivity index is 1.71. The molecule has 114 valence electrons. The molecule has 2 N–H and O–H groups in total. The SMILES string of the molecule is CCN1CCOC(CNC(=O)C2CCC(C(=O)O)O2)C1. The van der Waals surface area contributed by atoms with Crippen molar-refractivity contribution >= 4 is 11.9 Å². The number of hydrogen-bond donors (Lipinski definition) is 2. The number of carboxylic acids is 1. The number of carboxylic acid groups (broad SMARTS) is 1. The molecule has 0 spiro atoms. The minimum Gasteiger partial charge on any atom is -0.479 e. The quantitative estimate of drug-likeness (QED) is 0.705. The Bertz CT molecular complexity index is 363. The summed E-state index contributed by atoms with van der Waals surface area (Å²) < 4.78 is 10.8. The van der Waals surface area contributed by atoms with Gasteiger partial charge in [0.1, 0.15) is 6.10 Å². The van der Waals surface area contributed by atoms with Gasteiger partial charge in [-0.15, -0.1) is 0 Å². The second-order valence-electron chi connectivity index (χ2n) is 5.16. The Morgan fingerprint density at radius 3 is 2.75 bits per heavy atom. The molecule has 7 heteroatoms. The van der Waals surface area contributed by atoms with Crippen molar-refractivity contribution < 1.29 is 24.2 Å². The van der Waals surface area contributed by atoms with E-state index in [1.165, 1.54) is 0 Å². The highest BCUT2D eigenvalue weighted by atomic mass is 16.5. The molecule has 2 heterocycles. The van der Waals surface area contributed by atoms with E-state index in [-0.39, 0.29) is 12.0 Å². The van der Waals surface area contributed by atoms with E-state index >= 15 is 0 Å². The second-order valence-corrected chi connectivity index (χ2v) is 5.16. The molecule has 2 saturated heterocycles. The fourth-order valence-corrected chi connectivity index (χ4v) is 2.53. The number of rotatable bonds is 5. The molecule has 1 amide bonds. The molecule has 0 aromatic rings. The van der Waals surface area contributed by atoms with E-state index in [0.29, 0.717) is 26.0 Å². The number of ether oxygens (including phenoxy) is 2. The number of amides is 1. The van der Waals surface area contributed by atoms with E-state index in [4.69, 9.17) is 14.6 Å². The van der Waals surface area contributed by atoms with Crippen LogP contribution in [-0.4, -0.2) is 73.0 Å². The number of carbonyl (C=O) groups excluding carboxylic acids is 1. The van der Waals surface area contributed by atoms with Gasteiger partial charge in [-0.25, -0.2) is 4.79 Å². The highest BCUT2D eigenvalue weighted by Gasteiger charge is 2.34. The lowest BCUT2D eigenvalue weighted by Gasteiger charge is -2.32. The third-order valence-corrected chi connectivity index (χ3v) is 3.76. The first-order valence-electron chi connectivity index (χ1n) is 7.10. The first-order chi connectivity index (χ1) is 9.60. The van der Waals surface area contributed by atoms with E-state index in [2.05, 4.69) is 17.1 Å². The number of likely N-dealkylation sites (N-methyl/N-ethyl adjacent to an activating group) is 1. The maximum atomic E-state index is 11.9. The zero-order valence-corrected chi connectivity index (χ0v) is 11.7. The highest BCUT2D eigenvalue weighted by molar-refractivity contribution is 5.82. The van der Waals surface area contributed by atoms with Crippen LogP contribution in [0.15, 0.2) is 0 Å². The summed E-state index contributed by atoms with van der Waals surface area (Å²) in [6.07, 6.45) is -0.676. The molecule has 2 fully saturated rings. The molecule has 7 nitrogen and oxygen atoms in total. The van der Waals surface area contributed by atoms with E-state index in [9.17, 15) is 9.59 Å². The van der Waals surface area contributed by atoms with Crippen molar-refractivity contribution in [3.63, 3.8) is 0 Å². The second kappa shape index (κ2) is 7.01. The standard InChI is InChI=1S/C13H22N2O5/c1-2-15-5-6-19-9(8-15)7-14-12(16)10-3-4-11(20-10)13(17)18/h9-11H,2-8H2,1H3,(H,14,16)(H,17,18). The molecule has 0 radical (unpaired) electrons. The third kappa shape index (κ3) is 3.91. The van der Waals surface area contributed by atoms with Crippen LogP contribution in [0.1, 0.15) is 19.8 Å². The van der Waals surface area contributed by atoms with Gasteiger partial charge in [-0.3, -0.25) is 9.69 Å². The first-order valence-corrected chi connectivity index (χ1v) is 7.10. The van der Waals surface area contributed by atoms with Crippen molar-refractivity contribution in [2.24, 2.45) is 0 Å². The van der Waals surface area contributed by atoms with Crippen LogP contribution in [-0.2, 0) is 19.1 Å². The maximum Gasteiger partial charge on any atom is 0.332 e. The van der Waals surface area contributed by atoms with Crippen molar-refractivity contribution in [3.8, 4) is 0 Å². The Labute approximate surface area is 118 Å². The van der Waals surface area contributed by atoms with Crippen molar-refractivity contribution in [2.75, 3.05) is 32.8 Å². The summed E-state index contributed by atoms with van der Waals surface area (Å²) in [6, 6.07) is 0. The Kier molecular flexibility index (Phi) is 5.33. The summed E-state index contributed by atoms with van der Waals surface area (Å²) in [6.45, 7) is 5.91. The van der Waals surface area contributed by atoms with Crippen molar-refractivity contribution in [3.05, 3.63) is 0 Å². The number of carbonyl (C=O) groups is 2. The minimum absolute atomic E-state index is 0.00989. The van der Waals surface area contributed by atoms with Crippen LogP contribution < -0.4 is 5.32 Å². The van der Waals surface area contributed by atoms with Gasteiger partial charge in [0, 0.05) is 19.6 Å². The van der Waals surface area contributed by atoms with E-state index < -0.39 is 18.2 Å². The summed E-state index contributed by atoms with van der Waals surface area (Å²) in [5.41, 5.74) is 0. The molecule has 3 unspecified atom stereocenters. The predicted octanol–water partition coefficient (Wildman–Crippen LogP) is -0.544. The molecule has 20 heavy (non-hydrogen) atoms. The summed E-state index contributed by atoms with van der Waals surface area (Å²) >= 11 is 0. The normalized spacial score (nSPS) is 31.1. The van der Waals surface area contributed by atoms with Crippen LogP contribution in [0.3, 0.4) is 0 Å².